The van der Waals surface area contributed by atoms with Gasteiger partial charge < -0.3 is 47.9 Å². The Kier molecular flexibility index (Phi) is 969. The Morgan fingerprint density at radius 1 is 0.692 bits per heavy atom. The van der Waals surface area contributed by atoms with Gasteiger partial charge >= 0.3 is 78.6 Å². The molecule has 0 aromatic carbocycles. The first-order chi connectivity index (χ1) is 1.73. The van der Waals surface area contributed by atoms with Gasteiger partial charge in [-0.2, -0.15) is 0 Å². The molecule has 9 nitrogen and oxygen atoms in total. The van der Waals surface area contributed by atoms with E-state index in [0.717, 1.165) is 0 Å². The van der Waals surface area contributed by atoms with Gasteiger partial charge in [0.2, 0.25) is 0 Å². The van der Waals surface area contributed by atoms with E-state index >= 15 is 0 Å². The maximum Gasteiger partial charge on any atom is 4.00 e. The van der Waals surface area contributed by atoms with Crippen LogP contribution < -0.4 is 10.2 Å². The fourth-order valence-corrected chi connectivity index (χ4v) is 0. The zero-order valence-electron chi connectivity index (χ0n) is 5.77. The monoisotopic (exact) mass is 428 g/mol. The van der Waals surface area contributed by atoms with E-state index in [1.54, 1.807) is 0 Å². The van der Waals surface area contributed by atoms with Gasteiger partial charge in [-0.05, 0) is 6.16 Å². The molecule has 72 valence electrons. The minimum absolute atomic E-state index is 0. The van der Waals surface area contributed by atoms with Crippen molar-refractivity contribution in [1.29, 1.82) is 0 Å². The molecule has 0 aromatic heterocycles. The number of rotatable bonds is 0. The zero-order valence-corrected chi connectivity index (χ0v) is 13.1. The van der Waals surface area contributed by atoms with Crippen LogP contribution in [0.1, 0.15) is 0 Å². The normalized spacial score (nSPS) is 1.85. The average Bonchev–Trinajstić information content (AvgIpc) is 0.811. The van der Waals surface area contributed by atoms with Gasteiger partial charge in [-0.3, -0.25) is 0 Å². The van der Waals surface area contributed by atoms with Gasteiger partial charge in [0, 0.05) is 0 Å². The molecule has 0 rings (SSSR count). The van der Waals surface area contributed by atoms with E-state index in [4.69, 9.17) is 15.0 Å². The van der Waals surface area contributed by atoms with Crippen molar-refractivity contribution in [3.8, 4) is 0 Å². The van der Waals surface area contributed by atoms with E-state index < -0.39 is 6.16 Å². The largest absolute Gasteiger partial charge is 4.00 e. The van der Waals surface area contributed by atoms with Gasteiger partial charge in [-0.1, -0.05) is 0 Å². The van der Waals surface area contributed by atoms with Gasteiger partial charge in [-0.15, -0.1) is 0 Å². The molecule has 0 aromatic rings. The first-order valence-corrected chi connectivity index (χ1v) is 0.612. The van der Waals surface area contributed by atoms with Crippen LogP contribution in [-0.2, 0) is 106 Å². The molecule has 0 aliphatic carbocycles. The SMILES string of the molecule is O.O=C([O-])[O-].[O-2].[O-2].[O-2].[O-2].[O-2].[Zr+4].[Zr+4].[Zr+4]. The van der Waals surface area contributed by atoms with Crippen LogP contribution >= 0.6 is 0 Å². The van der Waals surface area contributed by atoms with Crippen LogP contribution in [-0.4, -0.2) is 11.6 Å². The van der Waals surface area contributed by atoms with Gasteiger partial charge in [0.25, 0.3) is 0 Å². The van der Waals surface area contributed by atoms with Gasteiger partial charge in [0.15, 0.2) is 0 Å². The summed E-state index contributed by atoms with van der Waals surface area (Å²) in [6.07, 6.45) is -2.33. The molecule has 0 unspecified atom stereocenters. The summed E-state index contributed by atoms with van der Waals surface area (Å²) in [5, 5.41) is 16.7. The van der Waals surface area contributed by atoms with Crippen LogP contribution in [0.25, 0.3) is 0 Å². The predicted molar refractivity (Wildman–Crippen MR) is 12.4 cm³/mol. The Labute approximate surface area is 131 Å². The fraction of sp³-hybridized carbons (Fsp3) is 0. The maximum absolute atomic E-state index is 8.33. The second-order valence-electron chi connectivity index (χ2n) is 0.250. The van der Waals surface area contributed by atoms with E-state index in [-0.39, 0.29) is 111 Å². The van der Waals surface area contributed by atoms with Crippen molar-refractivity contribution in [2.24, 2.45) is 0 Å². The summed E-state index contributed by atoms with van der Waals surface area (Å²) in [6.45, 7) is 0. The van der Waals surface area contributed by atoms with Crippen LogP contribution in [0.5, 0.6) is 0 Å². The van der Waals surface area contributed by atoms with Crippen LogP contribution in [0.15, 0.2) is 0 Å². The summed E-state index contributed by atoms with van der Waals surface area (Å²) in [6, 6.07) is 0. The van der Waals surface area contributed by atoms with Crippen LogP contribution in [0, 0.1) is 0 Å². The molecule has 0 saturated carbocycles. The molecule has 0 atom stereocenters. The van der Waals surface area contributed by atoms with Gasteiger partial charge in [0.05, 0.1) is 0 Å². The van der Waals surface area contributed by atoms with Crippen molar-refractivity contribution in [2.45, 2.75) is 0 Å². The molecule has 0 saturated heterocycles. The van der Waals surface area contributed by atoms with Crippen molar-refractivity contribution < 1.29 is 126 Å². The maximum atomic E-state index is 8.33. The Morgan fingerprint density at radius 3 is 0.692 bits per heavy atom. The summed E-state index contributed by atoms with van der Waals surface area (Å²) >= 11 is 0. The first-order valence-electron chi connectivity index (χ1n) is 0.612. The third kappa shape index (κ3) is 662. The van der Waals surface area contributed by atoms with Crippen LogP contribution in [0.3, 0.4) is 0 Å². The summed E-state index contributed by atoms with van der Waals surface area (Å²) in [5.74, 6) is 0. The molecular formula is CH2O9Zr3. The molecule has 0 aliphatic rings. The second kappa shape index (κ2) is 100. The molecule has 0 heterocycles. The Balaban J connectivity index is -0.00000000125. The number of hydrogen-bond acceptors (Lipinski definition) is 3. The smallest absolute Gasteiger partial charge is 2.00 e. The Morgan fingerprint density at radius 2 is 0.692 bits per heavy atom. The van der Waals surface area contributed by atoms with Gasteiger partial charge in [0.1, 0.15) is 0 Å². The third-order valence-corrected chi connectivity index (χ3v) is 0. The summed E-state index contributed by atoms with van der Waals surface area (Å²) < 4.78 is 0. The molecule has 12 heteroatoms. The quantitative estimate of drug-likeness (QED) is 0.374. The van der Waals surface area contributed by atoms with E-state index in [9.17, 15) is 0 Å². The van der Waals surface area contributed by atoms with Crippen molar-refractivity contribution in [3.63, 3.8) is 0 Å². The standard InChI is InChI=1S/CH2O3.H2O.5O.3Zr/c2-1(3)4;;;;;;;;;/h(H2,2,3,4);1H2;;;;;;;;/q;;5*-2;3*+4/p-2. The Hall–Kier alpha value is 1.68. The molecule has 0 bridgehead atoms. The van der Waals surface area contributed by atoms with Crippen molar-refractivity contribution in [1.82, 2.24) is 0 Å². The van der Waals surface area contributed by atoms with Crippen LogP contribution in [0.2, 0.25) is 0 Å². The molecule has 0 fully saturated rings. The van der Waals surface area contributed by atoms with E-state index in [1.807, 2.05) is 0 Å². The molecule has 0 aliphatic heterocycles. The minimum Gasteiger partial charge on any atom is -2.00 e. The molecule has 0 radical (unpaired) electrons. The summed E-state index contributed by atoms with van der Waals surface area (Å²) in [7, 11) is 0. The first kappa shape index (κ1) is 125. The van der Waals surface area contributed by atoms with Crippen molar-refractivity contribution in [3.05, 3.63) is 0 Å². The van der Waals surface area contributed by atoms with Gasteiger partial charge in [-0.25, -0.2) is 0 Å². The van der Waals surface area contributed by atoms with Crippen molar-refractivity contribution in [2.75, 3.05) is 0 Å². The second-order valence-corrected chi connectivity index (χ2v) is 0.250. The zero-order chi connectivity index (χ0) is 3.58. The van der Waals surface area contributed by atoms with Crippen molar-refractivity contribution >= 4 is 6.16 Å². The summed E-state index contributed by atoms with van der Waals surface area (Å²) in [5.41, 5.74) is 0. The molecule has 0 spiro atoms. The number of hydrogen-bond donors (Lipinski definition) is 0. The van der Waals surface area contributed by atoms with E-state index in [1.165, 1.54) is 0 Å². The fourth-order valence-electron chi connectivity index (χ4n) is 0. The molecule has 0 amide bonds. The molecular weight excluding hydrogens is 430 g/mol. The number of carbonyl (C=O) groups is 1. The van der Waals surface area contributed by atoms with Crippen LogP contribution in [0.4, 0.5) is 4.79 Å². The summed E-state index contributed by atoms with van der Waals surface area (Å²) in [4.78, 5) is 8.33. The van der Waals surface area contributed by atoms with E-state index in [2.05, 4.69) is 0 Å². The number of carboxylic acid groups (broad SMARTS) is 2. The third-order valence-electron chi connectivity index (χ3n) is 0. The predicted octanol–water partition coefficient (Wildman–Crippen LogP) is -3.87. The minimum atomic E-state index is -2.33. The topological polar surface area (TPSA) is 237 Å². The molecule has 13 heavy (non-hydrogen) atoms. The average molecular weight is 432 g/mol. The molecule has 2 N–H and O–H groups in total. The number of carbonyl (C=O) groups excluding carboxylic acids is 1. The Bertz CT molecular complexity index is 37.8. The van der Waals surface area contributed by atoms with E-state index in [0.29, 0.717) is 0 Å².